The van der Waals surface area contributed by atoms with Crippen molar-refractivity contribution in [1.29, 1.82) is 0 Å². The molecule has 0 aliphatic carbocycles. The van der Waals surface area contributed by atoms with Crippen LogP contribution in [0.4, 0.5) is 5.69 Å². The van der Waals surface area contributed by atoms with Gasteiger partial charge in [-0.15, -0.1) is 0 Å². The van der Waals surface area contributed by atoms with Gasteiger partial charge in [0, 0.05) is 5.69 Å². The highest BCUT2D eigenvalue weighted by atomic mass is 16.7. The molecule has 0 aromatic heterocycles. The SMILES string of the molecule is COc1ccc(NC(=O)Cc2ccc3c(c2)OCO3)cc1C. The van der Waals surface area contributed by atoms with E-state index in [9.17, 15) is 4.79 Å². The van der Waals surface area contributed by atoms with Crippen LogP contribution in [0.25, 0.3) is 0 Å². The second-order valence-electron chi connectivity index (χ2n) is 5.10. The molecule has 5 heteroatoms. The van der Waals surface area contributed by atoms with Gasteiger partial charge in [-0.1, -0.05) is 6.07 Å². The van der Waals surface area contributed by atoms with Gasteiger partial charge in [-0.05, 0) is 48.4 Å². The second kappa shape index (κ2) is 5.97. The molecular weight excluding hydrogens is 282 g/mol. The van der Waals surface area contributed by atoms with Crippen LogP contribution >= 0.6 is 0 Å². The largest absolute Gasteiger partial charge is 0.496 e. The zero-order chi connectivity index (χ0) is 15.5. The summed E-state index contributed by atoms with van der Waals surface area (Å²) in [6.07, 6.45) is 0.279. The van der Waals surface area contributed by atoms with E-state index in [1.165, 1.54) is 0 Å². The lowest BCUT2D eigenvalue weighted by Gasteiger charge is -2.09. The van der Waals surface area contributed by atoms with E-state index < -0.39 is 0 Å². The van der Waals surface area contributed by atoms with E-state index in [1.54, 1.807) is 7.11 Å². The van der Waals surface area contributed by atoms with E-state index in [1.807, 2.05) is 43.3 Å². The van der Waals surface area contributed by atoms with Gasteiger partial charge < -0.3 is 19.5 Å². The van der Waals surface area contributed by atoms with Gasteiger partial charge >= 0.3 is 0 Å². The molecule has 0 spiro atoms. The maximum absolute atomic E-state index is 12.1. The van der Waals surface area contributed by atoms with Gasteiger partial charge in [0.05, 0.1) is 13.5 Å². The number of aryl methyl sites for hydroxylation is 1. The van der Waals surface area contributed by atoms with Crippen molar-refractivity contribution in [2.45, 2.75) is 13.3 Å². The molecule has 114 valence electrons. The Balaban J connectivity index is 1.66. The van der Waals surface area contributed by atoms with Crippen LogP contribution in [-0.2, 0) is 11.2 Å². The van der Waals surface area contributed by atoms with Crippen molar-refractivity contribution in [1.82, 2.24) is 0 Å². The number of anilines is 1. The minimum Gasteiger partial charge on any atom is -0.496 e. The molecule has 2 aromatic carbocycles. The van der Waals surface area contributed by atoms with Gasteiger partial charge in [-0.25, -0.2) is 0 Å². The smallest absolute Gasteiger partial charge is 0.231 e. The Morgan fingerprint density at radius 2 is 2.00 bits per heavy atom. The van der Waals surface area contributed by atoms with Crippen LogP contribution < -0.4 is 19.5 Å². The number of rotatable bonds is 4. The number of amides is 1. The number of carbonyl (C=O) groups excluding carboxylic acids is 1. The fraction of sp³-hybridized carbons (Fsp3) is 0.235. The molecule has 0 bridgehead atoms. The number of methoxy groups -OCH3 is 1. The summed E-state index contributed by atoms with van der Waals surface area (Å²) in [5, 5.41) is 2.88. The van der Waals surface area contributed by atoms with Crippen molar-refractivity contribution in [2.75, 3.05) is 19.2 Å². The van der Waals surface area contributed by atoms with Crippen LogP contribution in [0.15, 0.2) is 36.4 Å². The van der Waals surface area contributed by atoms with E-state index in [-0.39, 0.29) is 19.1 Å². The average Bonchev–Trinajstić information content (AvgIpc) is 2.95. The molecule has 22 heavy (non-hydrogen) atoms. The summed E-state index contributed by atoms with van der Waals surface area (Å²) < 4.78 is 15.8. The summed E-state index contributed by atoms with van der Waals surface area (Å²) in [6, 6.07) is 11.1. The Morgan fingerprint density at radius 1 is 1.18 bits per heavy atom. The first-order valence-corrected chi connectivity index (χ1v) is 6.99. The van der Waals surface area contributed by atoms with Crippen molar-refractivity contribution in [2.24, 2.45) is 0 Å². The maximum Gasteiger partial charge on any atom is 0.231 e. The third kappa shape index (κ3) is 2.98. The molecule has 0 radical (unpaired) electrons. The molecule has 0 saturated carbocycles. The summed E-state index contributed by atoms with van der Waals surface area (Å²) in [5.41, 5.74) is 2.61. The first kappa shape index (κ1) is 14.3. The van der Waals surface area contributed by atoms with Gasteiger partial charge in [-0.2, -0.15) is 0 Å². The quantitative estimate of drug-likeness (QED) is 0.943. The monoisotopic (exact) mass is 299 g/mol. The van der Waals surface area contributed by atoms with Gasteiger partial charge in [0.2, 0.25) is 12.7 Å². The number of benzene rings is 2. The Morgan fingerprint density at radius 3 is 2.77 bits per heavy atom. The average molecular weight is 299 g/mol. The van der Waals surface area contributed by atoms with Crippen molar-refractivity contribution in [3.8, 4) is 17.2 Å². The second-order valence-corrected chi connectivity index (χ2v) is 5.10. The highest BCUT2D eigenvalue weighted by Crippen LogP contribution is 2.32. The van der Waals surface area contributed by atoms with E-state index in [4.69, 9.17) is 14.2 Å². The summed E-state index contributed by atoms with van der Waals surface area (Å²) in [5.74, 6) is 2.12. The molecule has 5 nitrogen and oxygen atoms in total. The normalized spacial score (nSPS) is 12.1. The Hall–Kier alpha value is -2.69. The zero-order valence-electron chi connectivity index (χ0n) is 12.5. The van der Waals surface area contributed by atoms with Crippen LogP contribution in [0.1, 0.15) is 11.1 Å². The lowest BCUT2D eigenvalue weighted by molar-refractivity contribution is -0.115. The Kier molecular flexibility index (Phi) is 3.87. The van der Waals surface area contributed by atoms with E-state index in [0.29, 0.717) is 5.75 Å². The molecule has 1 aliphatic heterocycles. The molecule has 1 aliphatic rings. The molecule has 1 N–H and O–H groups in total. The molecular formula is C17H17NO4. The maximum atomic E-state index is 12.1. The standard InChI is InChI=1S/C17H17NO4/c1-11-7-13(4-6-14(11)20-2)18-17(19)9-12-3-5-15-16(8-12)22-10-21-15/h3-8H,9-10H2,1-2H3,(H,18,19). The van der Waals surface area contributed by atoms with Gasteiger partial charge in [0.15, 0.2) is 11.5 Å². The molecule has 2 aromatic rings. The first-order chi connectivity index (χ1) is 10.7. The van der Waals surface area contributed by atoms with Gasteiger partial charge in [-0.3, -0.25) is 4.79 Å². The number of nitrogens with one attached hydrogen (secondary N) is 1. The van der Waals surface area contributed by atoms with E-state index >= 15 is 0 Å². The predicted molar refractivity (Wildman–Crippen MR) is 82.6 cm³/mol. The fourth-order valence-corrected chi connectivity index (χ4v) is 2.40. The fourth-order valence-electron chi connectivity index (χ4n) is 2.40. The number of hydrogen-bond acceptors (Lipinski definition) is 4. The lowest BCUT2D eigenvalue weighted by Crippen LogP contribution is -2.14. The third-order valence-corrected chi connectivity index (χ3v) is 3.48. The Bertz CT molecular complexity index is 712. The predicted octanol–water partition coefficient (Wildman–Crippen LogP) is 2.91. The number of hydrogen-bond donors (Lipinski definition) is 1. The van der Waals surface area contributed by atoms with Gasteiger partial charge in [0.25, 0.3) is 0 Å². The van der Waals surface area contributed by atoms with Crippen LogP contribution in [0.2, 0.25) is 0 Å². The minimum absolute atomic E-state index is 0.0802. The number of fused-ring (bicyclic) bond motifs is 1. The molecule has 1 heterocycles. The van der Waals surface area contributed by atoms with E-state index in [2.05, 4.69) is 5.32 Å². The van der Waals surface area contributed by atoms with Crippen LogP contribution in [0, 0.1) is 6.92 Å². The highest BCUT2D eigenvalue weighted by Gasteiger charge is 2.14. The Labute approximate surface area is 128 Å². The molecule has 0 fully saturated rings. The number of ether oxygens (including phenoxy) is 3. The molecule has 0 unspecified atom stereocenters. The van der Waals surface area contributed by atoms with E-state index in [0.717, 1.165) is 28.3 Å². The third-order valence-electron chi connectivity index (χ3n) is 3.48. The summed E-state index contributed by atoms with van der Waals surface area (Å²) in [4.78, 5) is 12.1. The first-order valence-electron chi connectivity index (χ1n) is 6.99. The molecule has 0 atom stereocenters. The summed E-state index contributed by atoms with van der Waals surface area (Å²) in [6.45, 7) is 2.17. The van der Waals surface area contributed by atoms with Crippen LogP contribution in [-0.4, -0.2) is 19.8 Å². The summed E-state index contributed by atoms with van der Waals surface area (Å²) in [7, 11) is 1.63. The van der Waals surface area contributed by atoms with Crippen molar-refractivity contribution < 1.29 is 19.0 Å². The number of carbonyl (C=O) groups is 1. The highest BCUT2D eigenvalue weighted by molar-refractivity contribution is 5.92. The summed E-state index contributed by atoms with van der Waals surface area (Å²) >= 11 is 0. The topological polar surface area (TPSA) is 56.8 Å². The van der Waals surface area contributed by atoms with Crippen molar-refractivity contribution in [3.05, 3.63) is 47.5 Å². The van der Waals surface area contributed by atoms with Crippen LogP contribution in [0.3, 0.4) is 0 Å². The van der Waals surface area contributed by atoms with Crippen molar-refractivity contribution in [3.63, 3.8) is 0 Å². The molecule has 0 saturated heterocycles. The van der Waals surface area contributed by atoms with Gasteiger partial charge in [0.1, 0.15) is 5.75 Å². The van der Waals surface area contributed by atoms with Crippen molar-refractivity contribution >= 4 is 11.6 Å². The lowest BCUT2D eigenvalue weighted by atomic mass is 10.1. The zero-order valence-corrected chi connectivity index (χ0v) is 12.5. The minimum atomic E-state index is -0.0802. The molecule has 3 rings (SSSR count). The van der Waals surface area contributed by atoms with Crippen LogP contribution in [0.5, 0.6) is 17.2 Å². The molecule has 1 amide bonds.